The Morgan fingerprint density at radius 2 is 1.34 bits per heavy atom. The Kier molecular flexibility index (Phi) is 20.9. The van der Waals surface area contributed by atoms with Crippen molar-refractivity contribution >= 4 is 69.3 Å². The van der Waals surface area contributed by atoms with E-state index in [1.165, 1.54) is 115 Å². The number of fused-ring (bicyclic) bond motifs is 3. The maximum absolute atomic E-state index is 14.2. The van der Waals surface area contributed by atoms with E-state index >= 15 is 0 Å². The number of allylic oxidation sites excluding steroid dienone is 7. The molecule has 0 aromatic rings. The predicted octanol–water partition coefficient (Wildman–Crippen LogP) is 13.3. The highest BCUT2D eigenvalue weighted by Gasteiger charge is 2.69. The molecule has 278 valence electrons. The van der Waals surface area contributed by atoms with E-state index in [2.05, 4.69) is 80.8 Å². The topological polar surface area (TPSA) is 49.2 Å². The number of rotatable bonds is 25. The van der Waals surface area contributed by atoms with Crippen LogP contribution >= 0.6 is 57.1 Å². The average molecular weight is 851 g/mol. The Labute approximate surface area is 332 Å². The number of unbranched alkanes of at least 4 members (excludes halogenated alkanes) is 18. The Bertz CT molecular complexity index is 1320. The molecule has 1 saturated heterocycles. The first kappa shape index (κ1) is 43.2. The van der Waals surface area contributed by atoms with E-state index < -0.39 is 5.54 Å². The summed E-state index contributed by atoms with van der Waals surface area (Å²) in [5.41, 5.74) is 3.45. The van der Waals surface area contributed by atoms with Crippen molar-refractivity contribution in [2.45, 2.75) is 167 Å². The van der Waals surface area contributed by atoms with Crippen LogP contribution in [0.4, 0.5) is 0 Å². The van der Waals surface area contributed by atoms with E-state index in [9.17, 15) is 9.59 Å². The summed E-state index contributed by atoms with van der Waals surface area (Å²) in [5, 5.41) is 3.14. The van der Waals surface area contributed by atoms with Crippen molar-refractivity contribution in [3.8, 4) is 0 Å². The summed E-state index contributed by atoms with van der Waals surface area (Å²) in [6.45, 7) is 4.53. The summed E-state index contributed by atoms with van der Waals surface area (Å²) in [6, 6.07) is -0.268. The number of aldehydes is 1. The Hall–Kier alpha value is -1.22. The highest BCUT2D eigenvalue weighted by molar-refractivity contribution is 9.13. The van der Waals surface area contributed by atoms with Gasteiger partial charge in [0, 0.05) is 26.7 Å². The van der Waals surface area contributed by atoms with Gasteiger partial charge < -0.3 is 10.2 Å². The van der Waals surface area contributed by atoms with Crippen molar-refractivity contribution in [3.63, 3.8) is 0 Å². The van der Waals surface area contributed by atoms with Gasteiger partial charge in [-0.15, -0.1) is 25.3 Å². The zero-order valence-corrected chi connectivity index (χ0v) is 35.6. The van der Waals surface area contributed by atoms with Crippen molar-refractivity contribution in [1.29, 1.82) is 0 Å². The molecule has 4 nitrogen and oxygen atoms in total. The second kappa shape index (κ2) is 24.2. The highest BCUT2D eigenvalue weighted by Crippen LogP contribution is 2.53. The van der Waals surface area contributed by atoms with Gasteiger partial charge in [0.1, 0.15) is 6.29 Å². The normalized spacial score (nSPS) is 23.4. The molecule has 0 aromatic carbocycles. The molecule has 0 saturated carbocycles. The number of hydrogen-bond acceptors (Lipinski definition) is 5. The average Bonchev–Trinajstić information content (AvgIpc) is 3.74. The fraction of sp³-hybridized carbons (Fsp3) is 0.619. The van der Waals surface area contributed by atoms with Crippen molar-refractivity contribution in [3.05, 3.63) is 78.3 Å². The van der Waals surface area contributed by atoms with Crippen molar-refractivity contribution in [2.24, 2.45) is 0 Å². The van der Waals surface area contributed by atoms with Crippen LogP contribution in [0.15, 0.2) is 78.3 Å². The summed E-state index contributed by atoms with van der Waals surface area (Å²) < 4.78 is 0.734. The smallest absolute Gasteiger partial charge is 0.257 e. The van der Waals surface area contributed by atoms with E-state index in [0.29, 0.717) is 10.5 Å². The second-order valence-electron chi connectivity index (χ2n) is 14.2. The van der Waals surface area contributed by atoms with E-state index in [0.717, 1.165) is 58.9 Å². The molecule has 0 aromatic heterocycles. The molecule has 50 heavy (non-hydrogen) atoms. The van der Waals surface area contributed by atoms with E-state index in [-0.39, 0.29) is 11.9 Å². The minimum Gasteiger partial charge on any atom is -0.348 e. The summed E-state index contributed by atoms with van der Waals surface area (Å²) in [7, 11) is 0. The quantitative estimate of drug-likeness (QED) is 0.0371. The largest absolute Gasteiger partial charge is 0.348 e. The number of hydrogen-bond donors (Lipinski definition) is 3. The van der Waals surface area contributed by atoms with Gasteiger partial charge in [0.25, 0.3) is 5.91 Å². The van der Waals surface area contributed by atoms with Gasteiger partial charge in [-0.05, 0) is 87.1 Å². The number of nitrogens with one attached hydrogen (secondary N) is 1. The Balaban J connectivity index is 1.71. The standard InChI is InChI=1S/C42H62Br2N2O2S2/c1-3-5-7-9-11-13-15-17-19-21-23-33-30-45-41(48)42(36(32-47)29-38(49)37(33)25-26-43)39-27-35(28-40(44)50)34(31-46(39)42)24-22-20-18-16-14-12-10-8-6-4-2/h25-32,39,49-50H,3-24H2,1-2H3,(H,45,48)/b26-25+,33-30-,36-29?,38-37+,40-28-. The lowest BCUT2D eigenvalue weighted by Crippen LogP contribution is -2.40. The lowest BCUT2D eigenvalue weighted by molar-refractivity contribution is -0.123. The summed E-state index contributed by atoms with van der Waals surface area (Å²) in [4.78, 5) is 31.6. The second-order valence-corrected chi connectivity index (χ2v) is 17.1. The third kappa shape index (κ3) is 13.0. The Morgan fingerprint density at radius 3 is 1.82 bits per heavy atom. The maximum atomic E-state index is 14.2. The van der Waals surface area contributed by atoms with Crippen LogP contribution in [0.2, 0.25) is 0 Å². The summed E-state index contributed by atoms with van der Waals surface area (Å²) in [5.74, 6) is -0.187. The maximum Gasteiger partial charge on any atom is 0.257 e. The van der Waals surface area contributed by atoms with Gasteiger partial charge >= 0.3 is 0 Å². The number of halogens is 2. The van der Waals surface area contributed by atoms with Crippen LogP contribution in [0.5, 0.6) is 0 Å². The number of carbonyl (C=O) groups excluding carboxylic acids is 2. The Morgan fingerprint density at radius 1 is 0.840 bits per heavy atom. The van der Waals surface area contributed by atoms with E-state index in [1.807, 2.05) is 29.4 Å². The van der Waals surface area contributed by atoms with Gasteiger partial charge in [0.2, 0.25) is 0 Å². The molecule has 0 radical (unpaired) electrons. The van der Waals surface area contributed by atoms with Gasteiger partial charge in [-0.1, -0.05) is 151 Å². The van der Waals surface area contributed by atoms with Crippen LogP contribution in [0.3, 0.4) is 0 Å². The van der Waals surface area contributed by atoms with Gasteiger partial charge in [0.05, 0.1) is 6.04 Å². The molecule has 3 heterocycles. The molecular formula is C42H62Br2N2O2S2. The minimum atomic E-state index is -1.12. The fourth-order valence-electron chi connectivity index (χ4n) is 7.45. The first-order valence-corrected chi connectivity index (χ1v) is 22.1. The molecule has 0 bridgehead atoms. The van der Waals surface area contributed by atoms with Crippen molar-refractivity contribution in [2.75, 3.05) is 0 Å². The molecule has 1 amide bonds. The first-order chi connectivity index (χ1) is 24.3. The van der Waals surface area contributed by atoms with Gasteiger partial charge in [-0.2, -0.15) is 0 Å². The molecule has 2 atom stereocenters. The number of amides is 1. The number of thiol groups is 2. The van der Waals surface area contributed by atoms with Crippen molar-refractivity contribution < 1.29 is 9.59 Å². The third-order valence-electron chi connectivity index (χ3n) is 10.4. The van der Waals surface area contributed by atoms with Gasteiger partial charge in [0.15, 0.2) is 5.54 Å². The highest BCUT2D eigenvalue weighted by atomic mass is 79.9. The zero-order valence-electron chi connectivity index (χ0n) is 30.7. The minimum absolute atomic E-state index is 0.187. The lowest BCUT2D eigenvalue weighted by Gasteiger charge is -2.17. The SMILES string of the molecule is CCCCCCCCCCCCC1=CN2C(C=C1/C=C(\S)Br)C21C(=O)N\C=C(CCCCCCCCCCCC)/C(/C=C/Br)=C(/S)C=C1C=O. The molecule has 8 heteroatoms. The fourth-order valence-corrected chi connectivity index (χ4v) is 8.46. The molecule has 3 rings (SSSR count). The third-order valence-corrected chi connectivity index (χ3v) is 11.4. The molecule has 1 N–H and O–H groups in total. The van der Waals surface area contributed by atoms with Crippen LogP contribution in [-0.4, -0.2) is 28.7 Å². The van der Waals surface area contributed by atoms with E-state index in [4.69, 9.17) is 12.6 Å². The van der Waals surface area contributed by atoms with Crippen LogP contribution in [0, 0.1) is 0 Å². The van der Waals surface area contributed by atoms with Crippen LogP contribution in [0.1, 0.15) is 155 Å². The molecule has 0 aliphatic carbocycles. The van der Waals surface area contributed by atoms with Crippen LogP contribution in [-0.2, 0) is 9.59 Å². The molecule has 3 aliphatic heterocycles. The molecule has 1 spiro atoms. The summed E-state index contributed by atoms with van der Waals surface area (Å²) in [6.07, 6.45) is 40.0. The predicted molar refractivity (Wildman–Crippen MR) is 228 cm³/mol. The van der Waals surface area contributed by atoms with Crippen LogP contribution in [0.25, 0.3) is 0 Å². The molecule has 3 aliphatic rings. The first-order valence-electron chi connectivity index (χ1n) is 19.5. The molecule has 1 fully saturated rings. The molecular weight excluding hydrogens is 788 g/mol. The van der Waals surface area contributed by atoms with Gasteiger partial charge in [-0.3, -0.25) is 9.59 Å². The van der Waals surface area contributed by atoms with Crippen molar-refractivity contribution in [1.82, 2.24) is 10.2 Å². The zero-order chi connectivity index (χ0) is 36.2. The van der Waals surface area contributed by atoms with E-state index in [1.54, 1.807) is 0 Å². The van der Waals surface area contributed by atoms with Crippen LogP contribution < -0.4 is 5.32 Å². The van der Waals surface area contributed by atoms with Gasteiger partial charge in [-0.25, -0.2) is 0 Å². The monoisotopic (exact) mass is 848 g/mol. The molecule has 2 unspecified atom stereocenters. The summed E-state index contributed by atoms with van der Waals surface area (Å²) >= 11 is 16.4. The lowest BCUT2D eigenvalue weighted by atomic mass is 9.91. The number of nitrogens with zero attached hydrogens (tertiary/aromatic N) is 1. The number of carbonyl (C=O) groups is 2.